The summed E-state index contributed by atoms with van der Waals surface area (Å²) in [6.07, 6.45) is 0. The second-order valence-corrected chi connectivity index (χ2v) is 4.61. The molecular formula is C12H6N4O7. The summed E-state index contributed by atoms with van der Waals surface area (Å²) in [6, 6.07) is 4.57. The average molecular weight is 318 g/mol. The summed E-state index contributed by atoms with van der Waals surface area (Å²) >= 11 is 0. The molecule has 2 aromatic carbocycles. The number of phenols is 1. The Bertz CT molecular complexity index is 1020. The molecule has 23 heavy (non-hydrogen) atoms. The van der Waals surface area contributed by atoms with Crippen LogP contribution in [0.4, 0.5) is 11.4 Å². The standard InChI is InChI=1S/C12H6N4O7/c17-12-5-10-9(4-11(12)16(22)23)13(18)7-2-1-6(15(20)21)3-8(7)14(10)19/h1-5,17H. The molecule has 0 spiro atoms. The van der Waals surface area contributed by atoms with E-state index < -0.39 is 27.0 Å². The van der Waals surface area contributed by atoms with Crippen molar-refractivity contribution in [2.24, 2.45) is 0 Å². The third-order valence-electron chi connectivity index (χ3n) is 3.31. The third kappa shape index (κ3) is 1.98. The molecule has 0 aliphatic carbocycles. The van der Waals surface area contributed by atoms with Crippen LogP contribution < -0.4 is 9.46 Å². The van der Waals surface area contributed by atoms with Gasteiger partial charge >= 0.3 is 5.69 Å². The van der Waals surface area contributed by atoms with E-state index in [0.29, 0.717) is 0 Å². The topological polar surface area (TPSA) is 160 Å². The molecule has 3 rings (SSSR count). The molecule has 1 heterocycles. The summed E-state index contributed by atoms with van der Waals surface area (Å²) in [4.78, 5) is 20.0. The second kappa shape index (κ2) is 4.62. The lowest BCUT2D eigenvalue weighted by atomic mass is 10.2. The SMILES string of the molecule is O=[N+]([O-])c1ccc2c(c1)[n+]([O-])c1cc(O)c([N+](=O)[O-])cc1[n+]2[O-]. The predicted octanol–water partition coefficient (Wildman–Crippen LogP) is 0.782. The Balaban J connectivity index is 2.49. The van der Waals surface area contributed by atoms with Gasteiger partial charge in [-0.3, -0.25) is 20.2 Å². The molecule has 1 N–H and O–H groups in total. The number of non-ortho nitro benzene ring substituents is 1. The van der Waals surface area contributed by atoms with Crippen LogP contribution in [0.5, 0.6) is 5.75 Å². The molecule has 3 aromatic rings. The first-order valence-corrected chi connectivity index (χ1v) is 6.05. The molecule has 11 nitrogen and oxygen atoms in total. The molecule has 0 saturated carbocycles. The van der Waals surface area contributed by atoms with Crippen molar-refractivity contribution >= 4 is 33.4 Å². The summed E-state index contributed by atoms with van der Waals surface area (Å²) in [5.41, 5.74) is -2.31. The van der Waals surface area contributed by atoms with Crippen LogP contribution in [0, 0.1) is 30.6 Å². The van der Waals surface area contributed by atoms with Crippen molar-refractivity contribution in [3.8, 4) is 5.75 Å². The zero-order valence-electron chi connectivity index (χ0n) is 11.1. The summed E-state index contributed by atoms with van der Waals surface area (Å²) in [6.45, 7) is 0. The first-order valence-electron chi connectivity index (χ1n) is 6.05. The highest BCUT2D eigenvalue weighted by molar-refractivity contribution is 5.81. The number of nitro groups is 2. The summed E-state index contributed by atoms with van der Waals surface area (Å²) in [5, 5.41) is 55.8. The molecule has 0 amide bonds. The Morgan fingerprint density at radius 2 is 1.39 bits per heavy atom. The molecule has 0 aliphatic heterocycles. The van der Waals surface area contributed by atoms with Gasteiger partial charge in [-0.25, -0.2) is 0 Å². The highest BCUT2D eigenvalue weighted by atomic mass is 16.6. The van der Waals surface area contributed by atoms with Gasteiger partial charge in [-0.1, -0.05) is 0 Å². The van der Waals surface area contributed by atoms with Gasteiger partial charge in [-0.05, 0) is 0 Å². The maximum atomic E-state index is 12.3. The smallest absolute Gasteiger partial charge is 0.317 e. The quantitative estimate of drug-likeness (QED) is 0.240. The van der Waals surface area contributed by atoms with Gasteiger partial charge in [0, 0.05) is 12.1 Å². The minimum atomic E-state index is -0.899. The maximum absolute atomic E-state index is 12.3. The Labute approximate surface area is 125 Å². The molecule has 0 fully saturated rings. The fourth-order valence-corrected chi connectivity index (χ4v) is 2.25. The minimum absolute atomic E-state index is 0.196. The Morgan fingerprint density at radius 3 is 2.00 bits per heavy atom. The van der Waals surface area contributed by atoms with Gasteiger partial charge in [0.2, 0.25) is 5.75 Å². The van der Waals surface area contributed by atoms with Crippen molar-refractivity contribution in [2.45, 2.75) is 0 Å². The molecule has 0 atom stereocenters. The number of nitrogens with zero attached hydrogens (tertiary/aromatic N) is 4. The number of hydrogen-bond acceptors (Lipinski definition) is 7. The molecule has 116 valence electrons. The highest BCUT2D eigenvalue weighted by Crippen LogP contribution is 2.29. The van der Waals surface area contributed by atoms with E-state index in [0.717, 1.165) is 30.3 Å². The first-order chi connectivity index (χ1) is 10.8. The van der Waals surface area contributed by atoms with E-state index in [1.54, 1.807) is 0 Å². The van der Waals surface area contributed by atoms with Gasteiger partial charge < -0.3 is 15.5 Å². The van der Waals surface area contributed by atoms with Crippen LogP contribution in [0.3, 0.4) is 0 Å². The zero-order chi connectivity index (χ0) is 16.9. The van der Waals surface area contributed by atoms with Crippen molar-refractivity contribution < 1.29 is 24.4 Å². The number of fused-ring (bicyclic) bond motifs is 2. The van der Waals surface area contributed by atoms with Gasteiger partial charge in [0.25, 0.3) is 27.8 Å². The fraction of sp³-hybridized carbons (Fsp3) is 0. The molecular weight excluding hydrogens is 312 g/mol. The highest BCUT2D eigenvalue weighted by Gasteiger charge is 2.28. The van der Waals surface area contributed by atoms with Crippen molar-refractivity contribution in [1.82, 2.24) is 0 Å². The maximum Gasteiger partial charge on any atom is 0.317 e. The number of benzene rings is 2. The molecule has 11 heteroatoms. The number of rotatable bonds is 2. The summed E-state index contributed by atoms with van der Waals surface area (Å²) in [5.74, 6) is -0.795. The zero-order valence-corrected chi connectivity index (χ0v) is 11.1. The fourth-order valence-electron chi connectivity index (χ4n) is 2.25. The van der Waals surface area contributed by atoms with Gasteiger partial charge in [0.1, 0.15) is 6.07 Å². The lowest BCUT2D eigenvalue weighted by Crippen LogP contribution is -2.39. The average Bonchev–Trinajstić information content (AvgIpc) is 2.51. The molecule has 1 aromatic heterocycles. The van der Waals surface area contributed by atoms with Crippen molar-refractivity contribution in [3.63, 3.8) is 0 Å². The summed E-state index contributed by atoms with van der Waals surface area (Å²) in [7, 11) is 0. The molecule has 0 unspecified atom stereocenters. The monoisotopic (exact) mass is 318 g/mol. The van der Waals surface area contributed by atoms with E-state index in [1.807, 2.05) is 0 Å². The molecule has 0 bridgehead atoms. The second-order valence-electron chi connectivity index (χ2n) is 4.61. The molecule has 0 radical (unpaired) electrons. The Kier molecular flexibility index (Phi) is 2.85. The van der Waals surface area contributed by atoms with Crippen molar-refractivity contribution in [3.05, 3.63) is 61.0 Å². The van der Waals surface area contributed by atoms with Crippen LogP contribution in [0.15, 0.2) is 30.3 Å². The van der Waals surface area contributed by atoms with Gasteiger partial charge in [0.15, 0.2) is 0 Å². The Morgan fingerprint density at radius 1 is 0.826 bits per heavy atom. The number of phenolic OH excluding ortho intramolecular Hbond substituents is 1. The van der Waals surface area contributed by atoms with Crippen molar-refractivity contribution in [2.75, 3.05) is 0 Å². The molecule has 0 saturated heterocycles. The van der Waals surface area contributed by atoms with Gasteiger partial charge in [-0.2, -0.15) is 9.46 Å². The van der Waals surface area contributed by atoms with Gasteiger partial charge in [-0.15, -0.1) is 0 Å². The first kappa shape index (κ1) is 14.2. The third-order valence-corrected chi connectivity index (χ3v) is 3.31. The van der Waals surface area contributed by atoms with Crippen LogP contribution >= 0.6 is 0 Å². The van der Waals surface area contributed by atoms with Crippen LogP contribution in [0.1, 0.15) is 0 Å². The number of aromatic hydroxyl groups is 1. The van der Waals surface area contributed by atoms with E-state index in [1.165, 1.54) is 0 Å². The van der Waals surface area contributed by atoms with Crippen LogP contribution in [-0.4, -0.2) is 15.0 Å². The van der Waals surface area contributed by atoms with E-state index in [2.05, 4.69) is 0 Å². The van der Waals surface area contributed by atoms with E-state index in [-0.39, 0.29) is 31.5 Å². The van der Waals surface area contributed by atoms with E-state index in [9.17, 15) is 35.7 Å². The normalized spacial score (nSPS) is 11.0. The van der Waals surface area contributed by atoms with Crippen LogP contribution in [0.25, 0.3) is 22.1 Å². The summed E-state index contributed by atoms with van der Waals surface area (Å²) < 4.78 is 0.449. The van der Waals surface area contributed by atoms with Crippen LogP contribution in [0.2, 0.25) is 0 Å². The lowest BCUT2D eigenvalue weighted by Gasteiger charge is -2.07. The van der Waals surface area contributed by atoms with E-state index >= 15 is 0 Å². The van der Waals surface area contributed by atoms with Gasteiger partial charge in [0.05, 0.1) is 22.0 Å². The predicted molar refractivity (Wildman–Crippen MR) is 74.3 cm³/mol. The number of aromatic nitrogens is 2. The lowest BCUT2D eigenvalue weighted by molar-refractivity contribution is -0.591. The molecule has 0 aliphatic rings. The Hall–Kier alpha value is -3.76. The number of hydrogen-bond donors (Lipinski definition) is 1. The van der Waals surface area contributed by atoms with E-state index in [4.69, 9.17) is 0 Å². The van der Waals surface area contributed by atoms with Crippen LogP contribution in [-0.2, 0) is 0 Å². The van der Waals surface area contributed by atoms with Crippen molar-refractivity contribution in [1.29, 1.82) is 0 Å². The minimum Gasteiger partial charge on any atom is -0.617 e. The number of nitro benzene ring substituents is 2. The largest absolute Gasteiger partial charge is 0.617 e.